The van der Waals surface area contributed by atoms with Gasteiger partial charge in [0.15, 0.2) is 11.5 Å². The fraction of sp³-hybridized carbons (Fsp3) is 0.333. The van der Waals surface area contributed by atoms with Gasteiger partial charge in [-0.05, 0) is 30.5 Å². The van der Waals surface area contributed by atoms with Gasteiger partial charge in [-0.1, -0.05) is 6.07 Å². The van der Waals surface area contributed by atoms with E-state index in [0.717, 1.165) is 12.8 Å². The maximum absolute atomic E-state index is 9.62. The first kappa shape index (κ1) is 7.43. The lowest BCUT2D eigenvalue weighted by Crippen LogP contribution is -2.02. The standard InChI is InChI=1S/C9H10O3/c10-7-2-1-6(5-8(7)11)9(12)3-4-9/h1-2,5,10-12H,3-4H2. The van der Waals surface area contributed by atoms with Crippen molar-refractivity contribution in [3.05, 3.63) is 23.8 Å². The number of benzene rings is 1. The third kappa shape index (κ3) is 1.02. The molecule has 0 saturated heterocycles. The molecule has 0 bridgehead atoms. The molecular formula is C9H10O3. The van der Waals surface area contributed by atoms with E-state index < -0.39 is 5.60 Å². The van der Waals surface area contributed by atoms with Gasteiger partial charge in [-0.25, -0.2) is 0 Å². The van der Waals surface area contributed by atoms with E-state index in [2.05, 4.69) is 0 Å². The van der Waals surface area contributed by atoms with Crippen LogP contribution in [-0.2, 0) is 5.60 Å². The Kier molecular flexibility index (Phi) is 1.32. The summed E-state index contributed by atoms with van der Waals surface area (Å²) >= 11 is 0. The zero-order valence-corrected chi connectivity index (χ0v) is 6.49. The summed E-state index contributed by atoms with van der Waals surface area (Å²) in [5, 5.41) is 27.8. The van der Waals surface area contributed by atoms with Crippen LogP contribution in [0.3, 0.4) is 0 Å². The summed E-state index contributed by atoms with van der Waals surface area (Å²) in [7, 11) is 0. The van der Waals surface area contributed by atoms with Crippen LogP contribution in [0.15, 0.2) is 18.2 Å². The molecule has 3 N–H and O–H groups in total. The van der Waals surface area contributed by atoms with Gasteiger partial charge < -0.3 is 15.3 Å². The van der Waals surface area contributed by atoms with Crippen molar-refractivity contribution in [2.75, 3.05) is 0 Å². The topological polar surface area (TPSA) is 60.7 Å². The average molecular weight is 166 g/mol. The fourth-order valence-electron chi connectivity index (χ4n) is 1.22. The molecule has 0 aromatic heterocycles. The van der Waals surface area contributed by atoms with Crippen LogP contribution in [0.5, 0.6) is 11.5 Å². The monoisotopic (exact) mass is 166 g/mol. The zero-order valence-electron chi connectivity index (χ0n) is 6.49. The third-order valence-electron chi connectivity index (χ3n) is 2.24. The van der Waals surface area contributed by atoms with Crippen molar-refractivity contribution in [2.24, 2.45) is 0 Å². The second-order valence-electron chi connectivity index (χ2n) is 3.24. The second-order valence-corrected chi connectivity index (χ2v) is 3.24. The van der Waals surface area contributed by atoms with Gasteiger partial charge in [0.25, 0.3) is 0 Å². The molecule has 2 rings (SSSR count). The Hall–Kier alpha value is -1.22. The Morgan fingerprint density at radius 1 is 1.08 bits per heavy atom. The molecule has 0 aliphatic heterocycles. The smallest absolute Gasteiger partial charge is 0.157 e. The first-order valence-electron chi connectivity index (χ1n) is 3.87. The lowest BCUT2D eigenvalue weighted by molar-refractivity contribution is 0.151. The minimum atomic E-state index is -0.745. The third-order valence-corrected chi connectivity index (χ3v) is 2.24. The Labute approximate surface area is 69.9 Å². The Morgan fingerprint density at radius 3 is 2.25 bits per heavy atom. The number of rotatable bonds is 1. The number of aliphatic hydroxyl groups is 1. The first-order chi connectivity index (χ1) is 5.62. The molecule has 3 heteroatoms. The summed E-state index contributed by atoms with van der Waals surface area (Å²) in [6.07, 6.45) is 1.47. The number of phenols is 2. The van der Waals surface area contributed by atoms with Crippen LogP contribution in [0, 0.1) is 0 Å². The van der Waals surface area contributed by atoms with E-state index in [1.807, 2.05) is 0 Å². The molecule has 12 heavy (non-hydrogen) atoms. The molecule has 1 aromatic rings. The molecule has 0 amide bonds. The molecule has 1 aliphatic carbocycles. The van der Waals surface area contributed by atoms with Crippen LogP contribution in [0.2, 0.25) is 0 Å². The van der Waals surface area contributed by atoms with Gasteiger partial charge in [-0.2, -0.15) is 0 Å². The van der Waals surface area contributed by atoms with Crippen molar-refractivity contribution in [1.29, 1.82) is 0 Å². The lowest BCUT2D eigenvalue weighted by atomic mass is 10.1. The van der Waals surface area contributed by atoms with Gasteiger partial charge in [0, 0.05) is 0 Å². The van der Waals surface area contributed by atoms with E-state index >= 15 is 0 Å². The first-order valence-corrected chi connectivity index (χ1v) is 3.87. The molecule has 0 unspecified atom stereocenters. The van der Waals surface area contributed by atoms with Crippen LogP contribution < -0.4 is 0 Å². The predicted octanol–water partition coefficient (Wildman–Crippen LogP) is 1.08. The van der Waals surface area contributed by atoms with E-state index in [1.54, 1.807) is 6.07 Å². The molecule has 1 aliphatic rings. The number of hydrogen-bond acceptors (Lipinski definition) is 3. The van der Waals surface area contributed by atoms with Crippen LogP contribution in [0.1, 0.15) is 18.4 Å². The van der Waals surface area contributed by atoms with Crippen LogP contribution in [0.25, 0.3) is 0 Å². The maximum atomic E-state index is 9.62. The summed E-state index contributed by atoms with van der Waals surface area (Å²) in [5.41, 5.74) is -0.0663. The zero-order chi connectivity index (χ0) is 8.77. The number of aromatic hydroxyl groups is 2. The highest BCUT2D eigenvalue weighted by atomic mass is 16.3. The van der Waals surface area contributed by atoms with E-state index in [-0.39, 0.29) is 11.5 Å². The van der Waals surface area contributed by atoms with E-state index in [1.165, 1.54) is 12.1 Å². The van der Waals surface area contributed by atoms with E-state index in [4.69, 9.17) is 10.2 Å². The van der Waals surface area contributed by atoms with Gasteiger partial charge in [0.2, 0.25) is 0 Å². The van der Waals surface area contributed by atoms with Crippen molar-refractivity contribution in [3.63, 3.8) is 0 Å². The summed E-state index contributed by atoms with van der Waals surface area (Å²) in [6, 6.07) is 4.42. The number of hydrogen-bond donors (Lipinski definition) is 3. The SMILES string of the molecule is Oc1ccc(C2(O)CC2)cc1O. The molecule has 1 saturated carbocycles. The molecule has 0 spiro atoms. The van der Waals surface area contributed by atoms with Gasteiger partial charge in [-0.15, -0.1) is 0 Å². The largest absolute Gasteiger partial charge is 0.504 e. The Balaban J connectivity index is 2.41. The van der Waals surface area contributed by atoms with E-state index in [9.17, 15) is 5.11 Å². The average Bonchev–Trinajstić information content (AvgIpc) is 2.75. The van der Waals surface area contributed by atoms with Gasteiger partial charge >= 0.3 is 0 Å². The predicted molar refractivity (Wildman–Crippen MR) is 42.9 cm³/mol. The van der Waals surface area contributed by atoms with Crippen LogP contribution >= 0.6 is 0 Å². The summed E-state index contributed by atoms with van der Waals surface area (Å²) in [6.45, 7) is 0. The lowest BCUT2D eigenvalue weighted by Gasteiger charge is -2.08. The van der Waals surface area contributed by atoms with Gasteiger partial charge in [-0.3, -0.25) is 0 Å². The molecule has 0 atom stereocenters. The minimum Gasteiger partial charge on any atom is -0.504 e. The maximum Gasteiger partial charge on any atom is 0.157 e. The highest BCUT2D eigenvalue weighted by Gasteiger charge is 2.42. The molecule has 3 nitrogen and oxygen atoms in total. The van der Waals surface area contributed by atoms with Crippen molar-refractivity contribution in [2.45, 2.75) is 18.4 Å². The van der Waals surface area contributed by atoms with Crippen molar-refractivity contribution in [3.8, 4) is 11.5 Å². The highest BCUT2D eigenvalue weighted by Crippen LogP contribution is 2.46. The molecule has 1 fully saturated rings. The highest BCUT2D eigenvalue weighted by molar-refractivity contribution is 5.43. The van der Waals surface area contributed by atoms with Crippen molar-refractivity contribution >= 4 is 0 Å². The summed E-state index contributed by atoms with van der Waals surface area (Å²) in [5.74, 6) is -0.323. The Bertz CT molecular complexity index is 316. The molecular weight excluding hydrogens is 156 g/mol. The summed E-state index contributed by atoms with van der Waals surface area (Å²) in [4.78, 5) is 0. The molecule has 1 aromatic carbocycles. The molecule has 0 heterocycles. The van der Waals surface area contributed by atoms with Gasteiger partial charge in [0.1, 0.15) is 0 Å². The van der Waals surface area contributed by atoms with Gasteiger partial charge in [0.05, 0.1) is 5.60 Å². The van der Waals surface area contributed by atoms with Crippen LogP contribution in [-0.4, -0.2) is 15.3 Å². The molecule has 64 valence electrons. The minimum absolute atomic E-state index is 0.150. The number of phenolic OH excluding ortho intramolecular Hbond substituents is 2. The Morgan fingerprint density at radius 2 is 1.75 bits per heavy atom. The normalized spacial score (nSPS) is 19.1. The molecule has 0 radical (unpaired) electrons. The van der Waals surface area contributed by atoms with Crippen molar-refractivity contribution < 1.29 is 15.3 Å². The van der Waals surface area contributed by atoms with E-state index in [0.29, 0.717) is 5.56 Å². The fourth-order valence-corrected chi connectivity index (χ4v) is 1.22. The van der Waals surface area contributed by atoms with Crippen molar-refractivity contribution in [1.82, 2.24) is 0 Å². The van der Waals surface area contributed by atoms with Crippen LogP contribution in [0.4, 0.5) is 0 Å². The second kappa shape index (κ2) is 2.14. The summed E-state index contributed by atoms with van der Waals surface area (Å²) < 4.78 is 0. The quantitative estimate of drug-likeness (QED) is 0.547.